The Bertz CT molecular complexity index is 903. The van der Waals surface area contributed by atoms with E-state index in [0.717, 1.165) is 16.3 Å². The number of nitrogen functional groups attached to an aromatic ring is 2. The lowest BCUT2D eigenvalue weighted by Crippen LogP contribution is -2.03. The summed E-state index contributed by atoms with van der Waals surface area (Å²) in [5.41, 5.74) is 12.9. The minimum atomic E-state index is -0.559. The van der Waals surface area contributed by atoms with Crippen molar-refractivity contribution >= 4 is 35.0 Å². The van der Waals surface area contributed by atoms with E-state index >= 15 is 0 Å². The smallest absolute Gasteiger partial charge is 0.225 e. The number of hydrogen-bond donors (Lipinski definition) is 2. The predicted octanol–water partition coefficient (Wildman–Crippen LogP) is 2.81. The van der Waals surface area contributed by atoms with Gasteiger partial charge in [-0.15, -0.1) is 11.3 Å². The fourth-order valence-corrected chi connectivity index (χ4v) is 3.83. The number of thioether (sulfide) groups is 1. The van der Waals surface area contributed by atoms with Crippen molar-refractivity contribution in [3.8, 4) is 22.1 Å². The molecule has 0 aliphatic rings. The molecule has 0 spiro atoms. The summed E-state index contributed by atoms with van der Waals surface area (Å²) in [6.45, 7) is -0.572. The molecule has 0 saturated carbocycles. The topological polar surface area (TPSA) is 122 Å². The van der Waals surface area contributed by atoms with Crippen molar-refractivity contribution in [3.05, 3.63) is 29.3 Å². The summed E-state index contributed by atoms with van der Waals surface area (Å²) in [6, 6.07) is 5.42. The van der Waals surface area contributed by atoms with Crippen molar-refractivity contribution in [2.45, 2.75) is 10.9 Å². The van der Waals surface area contributed by atoms with Crippen LogP contribution < -0.4 is 20.9 Å². The molecule has 11 heteroatoms. The van der Waals surface area contributed by atoms with Crippen LogP contribution in [0.5, 0.6) is 11.5 Å². The molecule has 4 N–H and O–H groups in total. The summed E-state index contributed by atoms with van der Waals surface area (Å²) in [6.07, 6.45) is 0. The first-order valence-corrected chi connectivity index (χ1v) is 9.67. The highest BCUT2D eigenvalue weighted by Gasteiger charge is 2.11. The van der Waals surface area contributed by atoms with E-state index in [1.54, 1.807) is 6.07 Å². The van der Waals surface area contributed by atoms with Gasteiger partial charge in [0.05, 0.1) is 12.8 Å². The Hall–Kier alpha value is -2.66. The third-order valence-corrected chi connectivity index (χ3v) is 5.12. The average Bonchev–Trinajstić information content (AvgIpc) is 3.13. The number of alkyl halides is 1. The number of hydrogen-bond acceptors (Lipinski definition) is 10. The Morgan fingerprint density at radius 1 is 1.11 bits per heavy atom. The van der Waals surface area contributed by atoms with Gasteiger partial charge in [-0.25, -0.2) is 9.37 Å². The SMILES string of the molecule is COc1cc(-c2nc(CSc3nc(N)nc(N)n3)cs2)ccc1OCCF. The van der Waals surface area contributed by atoms with Gasteiger partial charge in [0.15, 0.2) is 16.7 Å². The lowest BCUT2D eigenvalue weighted by atomic mass is 10.2. The zero-order valence-corrected chi connectivity index (χ0v) is 16.0. The van der Waals surface area contributed by atoms with Crippen molar-refractivity contribution in [2.24, 2.45) is 0 Å². The maximum atomic E-state index is 12.3. The quantitative estimate of drug-likeness (QED) is 0.542. The Labute approximate surface area is 163 Å². The number of halogens is 1. The van der Waals surface area contributed by atoms with Gasteiger partial charge in [-0.05, 0) is 18.2 Å². The van der Waals surface area contributed by atoms with E-state index in [1.165, 1.54) is 30.2 Å². The van der Waals surface area contributed by atoms with E-state index in [0.29, 0.717) is 22.4 Å². The van der Waals surface area contributed by atoms with Crippen LogP contribution in [0.2, 0.25) is 0 Å². The Balaban J connectivity index is 1.71. The van der Waals surface area contributed by atoms with E-state index in [2.05, 4.69) is 19.9 Å². The van der Waals surface area contributed by atoms with Crippen LogP contribution in [0.1, 0.15) is 5.69 Å². The first-order valence-electron chi connectivity index (χ1n) is 7.80. The molecular formula is C16H17FN6O2S2. The number of nitrogens with zero attached hydrogens (tertiary/aromatic N) is 4. The second-order valence-corrected chi connectivity index (χ2v) is 6.97. The van der Waals surface area contributed by atoms with Crippen LogP contribution in [0.3, 0.4) is 0 Å². The standard InChI is InChI=1S/C16H17FN6O2S2/c1-24-12-6-9(2-3-11(12)25-5-4-17)13-20-10(7-26-13)8-27-16-22-14(18)21-15(19)23-16/h2-3,6-7H,4-5,8H2,1H3,(H4,18,19,21,22,23). The van der Waals surface area contributed by atoms with E-state index in [-0.39, 0.29) is 18.5 Å². The number of rotatable bonds is 8. The van der Waals surface area contributed by atoms with E-state index < -0.39 is 6.67 Å². The highest BCUT2D eigenvalue weighted by molar-refractivity contribution is 7.98. The molecule has 0 radical (unpaired) electrons. The molecule has 2 heterocycles. The van der Waals surface area contributed by atoms with Gasteiger partial charge in [0.1, 0.15) is 18.3 Å². The Kier molecular flexibility index (Phi) is 6.24. The third-order valence-electron chi connectivity index (χ3n) is 3.30. The second kappa shape index (κ2) is 8.82. The van der Waals surface area contributed by atoms with Crippen molar-refractivity contribution in [1.82, 2.24) is 19.9 Å². The molecule has 0 unspecified atom stereocenters. The minimum Gasteiger partial charge on any atom is -0.493 e. The Morgan fingerprint density at radius 2 is 1.89 bits per heavy atom. The molecule has 0 bridgehead atoms. The fraction of sp³-hybridized carbons (Fsp3) is 0.250. The van der Waals surface area contributed by atoms with Gasteiger partial charge in [0, 0.05) is 16.7 Å². The highest BCUT2D eigenvalue weighted by atomic mass is 32.2. The lowest BCUT2D eigenvalue weighted by molar-refractivity contribution is 0.260. The van der Waals surface area contributed by atoms with Crippen molar-refractivity contribution in [2.75, 3.05) is 31.9 Å². The zero-order valence-electron chi connectivity index (χ0n) is 14.4. The number of anilines is 2. The number of aromatic nitrogens is 4. The summed E-state index contributed by atoms with van der Waals surface area (Å²) in [5.74, 6) is 1.77. The molecule has 0 fully saturated rings. The van der Waals surface area contributed by atoms with Crippen LogP contribution >= 0.6 is 23.1 Å². The van der Waals surface area contributed by atoms with Crippen LogP contribution in [0.4, 0.5) is 16.3 Å². The zero-order chi connectivity index (χ0) is 19.2. The van der Waals surface area contributed by atoms with Crippen LogP contribution in [-0.2, 0) is 5.75 Å². The van der Waals surface area contributed by atoms with Gasteiger partial charge in [-0.3, -0.25) is 0 Å². The first-order chi connectivity index (χ1) is 13.1. The third kappa shape index (κ3) is 4.95. The van der Waals surface area contributed by atoms with Crippen LogP contribution in [-0.4, -0.2) is 40.3 Å². The minimum absolute atomic E-state index is 0.0135. The molecule has 3 rings (SSSR count). The molecule has 142 valence electrons. The summed E-state index contributed by atoms with van der Waals surface area (Å²) in [4.78, 5) is 16.4. The number of methoxy groups -OCH3 is 1. The molecule has 0 amide bonds. The first kappa shape index (κ1) is 19.1. The molecular weight excluding hydrogens is 391 g/mol. The second-order valence-electron chi connectivity index (χ2n) is 5.17. The van der Waals surface area contributed by atoms with Gasteiger partial charge >= 0.3 is 0 Å². The van der Waals surface area contributed by atoms with Crippen molar-refractivity contribution in [3.63, 3.8) is 0 Å². The monoisotopic (exact) mass is 408 g/mol. The van der Waals surface area contributed by atoms with E-state index in [1.807, 2.05) is 17.5 Å². The summed E-state index contributed by atoms with van der Waals surface area (Å²) in [5, 5.41) is 3.23. The maximum absolute atomic E-state index is 12.3. The van der Waals surface area contributed by atoms with Crippen LogP contribution in [0.25, 0.3) is 10.6 Å². The number of benzene rings is 1. The number of ether oxygens (including phenoxy) is 2. The van der Waals surface area contributed by atoms with Gasteiger partial charge in [0.25, 0.3) is 0 Å². The number of thiazole rings is 1. The van der Waals surface area contributed by atoms with Gasteiger partial charge < -0.3 is 20.9 Å². The van der Waals surface area contributed by atoms with Gasteiger partial charge in [-0.1, -0.05) is 11.8 Å². The largest absolute Gasteiger partial charge is 0.493 e. The summed E-state index contributed by atoms with van der Waals surface area (Å²) >= 11 is 2.87. The molecule has 0 saturated heterocycles. The van der Waals surface area contributed by atoms with Crippen molar-refractivity contribution < 1.29 is 13.9 Å². The normalized spacial score (nSPS) is 10.7. The lowest BCUT2D eigenvalue weighted by Gasteiger charge is -2.10. The molecule has 0 atom stereocenters. The molecule has 1 aromatic carbocycles. The molecule has 2 aromatic heterocycles. The van der Waals surface area contributed by atoms with E-state index in [9.17, 15) is 4.39 Å². The molecule has 0 aliphatic carbocycles. The molecule has 27 heavy (non-hydrogen) atoms. The highest BCUT2D eigenvalue weighted by Crippen LogP contribution is 2.34. The van der Waals surface area contributed by atoms with Gasteiger partial charge in [-0.2, -0.15) is 15.0 Å². The molecule has 3 aromatic rings. The van der Waals surface area contributed by atoms with Crippen molar-refractivity contribution in [1.29, 1.82) is 0 Å². The molecule has 8 nitrogen and oxygen atoms in total. The maximum Gasteiger partial charge on any atom is 0.225 e. The average molecular weight is 408 g/mol. The van der Waals surface area contributed by atoms with E-state index in [4.69, 9.17) is 20.9 Å². The summed E-state index contributed by atoms with van der Waals surface area (Å²) < 4.78 is 22.9. The number of nitrogens with two attached hydrogens (primary N) is 2. The van der Waals surface area contributed by atoms with Crippen LogP contribution in [0, 0.1) is 0 Å². The predicted molar refractivity (Wildman–Crippen MR) is 104 cm³/mol. The molecule has 0 aliphatic heterocycles. The van der Waals surface area contributed by atoms with Crippen LogP contribution in [0.15, 0.2) is 28.7 Å². The summed E-state index contributed by atoms with van der Waals surface area (Å²) in [7, 11) is 1.54. The Morgan fingerprint density at radius 3 is 2.59 bits per heavy atom. The van der Waals surface area contributed by atoms with Gasteiger partial charge in [0.2, 0.25) is 11.9 Å². The fourth-order valence-electron chi connectivity index (χ4n) is 2.17.